The van der Waals surface area contributed by atoms with E-state index in [4.69, 9.17) is 4.74 Å². The number of ether oxygens (including phenoxy) is 1. The van der Waals surface area contributed by atoms with Gasteiger partial charge in [0, 0.05) is 5.39 Å². The van der Waals surface area contributed by atoms with Gasteiger partial charge in [0.1, 0.15) is 5.75 Å². The summed E-state index contributed by atoms with van der Waals surface area (Å²) in [6, 6.07) is 11.2. The third kappa shape index (κ3) is 3.33. The Hall–Kier alpha value is -1.50. The molecule has 0 fully saturated rings. The van der Waals surface area contributed by atoms with Gasteiger partial charge in [-0.25, -0.2) is 0 Å². The van der Waals surface area contributed by atoms with Gasteiger partial charge in [-0.2, -0.15) is 0 Å². The highest BCUT2D eigenvalue weighted by Crippen LogP contribution is 2.31. The maximum atomic E-state index is 6.12. The summed E-state index contributed by atoms with van der Waals surface area (Å²) in [4.78, 5) is 0. The van der Waals surface area contributed by atoms with E-state index in [1.165, 1.54) is 34.7 Å². The summed E-state index contributed by atoms with van der Waals surface area (Å²) in [5.74, 6) is 1.10. The lowest BCUT2D eigenvalue weighted by Crippen LogP contribution is -2.01. The van der Waals surface area contributed by atoms with E-state index < -0.39 is 0 Å². The molecule has 0 aliphatic rings. The molecular formula is C19H26O. The molecule has 0 unspecified atom stereocenters. The zero-order chi connectivity index (χ0) is 14.4. The van der Waals surface area contributed by atoms with Crippen LogP contribution in [0.2, 0.25) is 0 Å². The van der Waals surface area contributed by atoms with E-state index >= 15 is 0 Å². The summed E-state index contributed by atoms with van der Waals surface area (Å²) >= 11 is 0. The SMILES string of the molecule is CCCCCOc1c(CC)ccc2cc(CC)ccc12. The molecule has 0 aliphatic carbocycles. The molecule has 0 N–H and O–H groups in total. The number of rotatable bonds is 7. The minimum Gasteiger partial charge on any atom is -0.493 e. The van der Waals surface area contributed by atoms with Crippen molar-refractivity contribution in [3.63, 3.8) is 0 Å². The summed E-state index contributed by atoms with van der Waals surface area (Å²) in [6.07, 6.45) is 5.72. The molecule has 0 aliphatic heterocycles. The summed E-state index contributed by atoms with van der Waals surface area (Å²) < 4.78 is 6.12. The lowest BCUT2D eigenvalue weighted by Gasteiger charge is -2.14. The van der Waals surface area contributed by atoms with E-state index in [0.29, 0.717) is 0 Å². The molecule has 0 radical (unpaired) electrons. The molecule has 20 heavy (non-hydrogen) atoms. The highest BCUT2D eigenvalue weighted by atomic mass is 16.5. The van der Waals surface area contributed by atoms with Crippen molar-refractivity contribution in [3.05, 3.63) is 41.5 Å². The van der Waals surface area contributed by atoms with E-state index in [0.717, 1.165) is 31.6 Å². The van der Waals surface area contributed by atoms with Crippen LogP contribution in [0.15, 0.2) is 30.3 Å². The Kier molecular flexibility index (Phi) is 5.46. The zero-order valence-electron chi connectivity index (χ0n) is 13.0. The molecule has 0 heterocycles. The largest absolute Gasteiger partial charge is 0.493 e. The van der Waals surface area contributed by atoms with Crippen molar-refractivity contribution >= 4 is 10.8 Å². The van der Waals surface area contributed by atoms with E-state index in [1.807, 2.05) is 0 Å². The van der Waals surface area contributed by atoms with Gasteiger partial charge in [0.05, 0.1) is 6.61 Å². The lowest BCUT2D eigenvalue weighted by molar-refractivity contribution is 0.307. The van der Waals surface area contributed by atoms with Crippen molar-refractivity contribution in [1.29, 1.82) is 0 Å². The van der Waals surface area contributed by atoms with Crippen LogP contribution < -0.4 is 4.74 Å². The Bertz CT molecular complexity index is 557. The minimum absolute atomic E-state index is 0.829. The molecule has 0 bridgehead atoms. The van der Waals surface area contributed by atoms with Crippen molar-refractivity contribution in [2.45, 2.75) is 52.9 Å². The molecule has 2 rings (SSSR count). The summed E-state index contributed by atoms with van der Waals surface area (Å²) in [6.45, 7) is 7.45. The molecule has 1 heteroatoms. The number of benzene rings is 2. The van der Waals surface area contributed by atoms with Gasteiger partial charge >= 0.3 is 0 Å². The topological polar surface area (TPSA) is 9.23 Å². The van der Waals surface area contributed by atoms with Crippen LogP contribution in [-0.2, 0) is 12.8 Å². The smallest absolute Gasteiger partial charge is 0.130 e. The second kappa shape index (κ2) is 7.33. The lowest BCUT2D eigenvalue weighted by atomic mass is 10.0. The van der Waals surface area contributed by atoms with Gasteiger partial charge in [0.25, 0.3) is 0 Å². The van der Waals surface area contributed by atoms with Gasteiger partial charge in [-0.1, -0.05) is 63.9 Å². The first kappa shape index (κ1) is 14.9. The molecule has 0 amide bonds. The second-order valence-corrected chi connectivity index (χ2v) is 5.37. The Labute approximate surface area is 123 Å². The Morgan fingerprint density at radius 2 is 1.75 bits per heavy atom. The second-order valence-electron chi connectivity index (χ2n) is 5.37. The van der Waals surface area contributed by atoms with Crippen LogP contribution in [0.4, 0.5) is 0 Å². The molecule has 1 nitrogen and oxygen atoms in total. The first-order chi connectivity index (χ1) is 9.80. The average molecular weight is 270 g/mol. The van der Waals surface area contributed by atoms with Gasteiger partial charge in [-0.05, 0) is 35.8 Å². The first-order valence-electron chi connectivity index (χ1n) is 7.97. The van der Waals surface area contributed by atoms with Crippen molar-refractivity contribution in [3.8, 4) is 5.75 Å². The number of unbranched alkanes of at least 4 members (excludes halogenated alkanes) is 2. The normalized spacial score (nSPS) is 10.9. The van der Waals surface area contributed by atoms with Gasteiger partial charge in [-0.15, -0.1) is 0 Å². The Morgan fingerprint density at radius 1 is 0.900 bits per heavy atom. The van der Waals surface area contributed by atoms with Crippen LogP contribution in [0.3, 0.4) is 0 Å². The Morgan fingerprint density at radius 3 is 2.45 bits per heavy atom. The molecule has 0 spiro atoms. The highest BCUT2D eigenvalue weighted by Gasteiger charge is 2.08. The van der Waals surface area contributed by atoms with Gasteiger partial charge in [-0.3, -0.25) is 0 Å². The average Bonchev–Trinajstić information content (AvgIpc) is 2.50. The summed E-state index contributed by atoms with van der Waals surface area (Å²) in [5.41, 5.74) is 2.71. The molecular weight excluding hydrogens is 244 g/mol. The third-order valence-electron chi connectivity index (χ3n) is 3.90. The van der Waals surface area contributed by atoms with E-state index in [2.05, 4.69) is 51.1 Å². The quantitative estimate of drug-likeness (QED) is 0.601. The summed E-state index contributed by atoms with van der Waals surface area (Å²) in [5, 5.41) is 2.56. The highest BCUT2D eigenvalue weighted by molar-refractivity contribution is 5.90. The predicted molar refractivity (Wildman–Crippen MR) is 87.7 cm³/mol. The molecule has 2 aromatic carbocycles. The number of fused-ring (bicyclic) bond motifs is 1. The van der Waals surface area contributed by atoms with Crippen LogP contribution in [-0.4, -0.2) is 6.61 Å². The van der Waals surface area contributed by atoms with E-state index in [1.54, 1.807) is 0 Å². The fraction of sp³-hybridized carbons (Fsp3) is 0.474. The summed E-state index contributed by atoms with van der Waals surface area (Å²) in [7, 11) is 0. The molecule has 108 valence electrons. The number of hydrogen-bond acceptors (Lipinski definition) is 1. The maximum absolute atomic E-state index is 6.12. The monoisotopic (exact) mass is 270 g/mol. The van der Waals surface area contributed by atoms with Crippen LogP contribution in [0.5, 0.6) is 5.75 Å². The van der Waals surface area contributed by atoms with E-state index in [9.17, 15) is 0 Å². The van der Waals surface area contributed by atoms with Crippen molar-refractivity contribution in [2.75, 3.05) is 6.61 Å². The van der Waals surface area contributed by atoms with Gasteiger partial charge in [0.2, 0.25) is 0 Å². The minimum atomic E-state index is 0.829. The van der Waals surface area contributed by atoms with Crippen molar-refractivity contribution < 1.29 is 4.74 Å². The van der Waals surface area contributed by atoms with Crippen molar-refractivity contribution in [2.24, 2.45) is 0 Å². The fourth-order valence-corrected chi connectivity index (χ4v) is 2.59. The fourth-order valence-electron chi connectivity index (χ4n) is 2.59. The molecule has 0 aromatic heterocycles. The molecule has 0 atom stereocenters. The maximum Gasteiger partial charge on any atom is 0.130 e. The van der Waals surface area contributed by atoms with Crippen LogP contribution in [0.25, 0.3) is 10.8 Å². The van der Waals surface area contributed by atoms with Gasteiger partial charge in [0.15, 0.2) is 0 Å². The van der Waals surface area contributed by atoms with Crippen LogP contribution in [0, 0.1) is 0 Å². The van der Waals surface area contributed by atoms with Crippen LogP contribution in [0.1, 0.15) is 51.2 Å². The molecule has 0 saturated carbocycles. The van der Waals surface area contributed by atoms with Crippen molar-refractivity contribution in [1.82, 2.24) is 0 Å². The van der Waals surface area contributed by atoms with E-state index in [-0.39, 0.29) is 0 Å². The number of hydrogen-bond donors (Lipinski definition) is 0. The predicted octanol–water partition coefficient (Wildman–Crippen LogP) is 5.53. The molecule has 2 aromatic rings. The van der Waals surface area contributed by atoms with Crippen LogP contribution >= 0.6 is 0 Å². The third-order valence-corrected chi connectivity index (χ3v) is 3.90. The zero-order valence-corrected chi connectivity index (χ0v) is 13.0. The standard InChI is InChI=1S/C19H26O/c1-4-7-8-13-20-19-16(6-3)10-11-17-14-15(5-2)9-12-18(17)19/h9-12,14H,4-8,13H2,1-3H3. The molecule has 0 saturated heterocycles. The Balaban J connectivity index is 2.32. The first-order valence-corrected chi connectivity index (χ1v) is 7.97. The number of aryl methyl sites for hydroxylation is 2. The van der Waals surface area contributed by atoms with Gasteiger partial charge < -0.3 is 4.74 Å².